The Hall–Kier alpha value is -1.84. The number of hydrogen-bond acceptors (Lipinski definition) is 6. The quantitative estimate of drug-likeness (QED) is 0.692. The normalized spacial score (nSPS) is 10.0. The fourth-order valence-corrected chi connectivity index (χ4v) is 1.20. The molecule has 0 amide bonds. The molecule has 0 atom stereocenters. The molecule has 0 saturated carbocycles. The highest BCUT2D eigenvalue weighted by Gasteiger charge is 2.02. The number of methoxy groups -OCH3 is 1. The Balaban J connectivity index is 2.22. The van der Waals surface area contributed by atoms with E-state index >= 15 is 0 Å². The number of nitrogens with zero attached hydrogens (tertiary/aromatic N) is 2. The third kappa shape index (κ3) is 4.99. The van der Waals surface area contributed by atoms with Gasteiger partial charge in [-0.15, -0.1) is 0 Å². The molecule has 1 heterocycles. The standard InChI is InChI=1S/C12H17N3O3/c1-16-7-8-17-5-2-6-18-12-4-3-10(14)11(9-13)15-12/h3-4H,2,5-8,14H2,1H3. The molecule has 6 heteroatoms. The van der Waals surface area contributed by atoms with Gasteiger partial charge in [0.1, 0.15) is 6.07 Å². The Morgan fingerprint density at radius 2 is 2.11 bits per heavy atom. The van der Waals surface area contributed by atoms with E-state index in [1.54, 1.807) is 19.2 Å². The van der Waals surface area contributed by atoms with Crippen LogP contribution in [0.3, 0.4) is 0 Å². The van der Waals surface area contributed by atoms with Crippen LogP contribution in [0.5, 0.6) is 5.88 Å². The van der Waals surface area contributed by atoms with Crippen molar-refractivity contribution in [2.24, 2.45) is 0 Å². The van der Waals surface area contributed by atoms with E-state index in [-0.39, 0.29) is 5.69 Å². The lowest BCUT2D eigenvalue weighted by molar-refractivity contribution is 0.0642. The zero-order chi connectivity index (χ0) is 13.2. The van der Waals surface area contributed by atoms with Gasteiger partial charge in [-0.25, -0.2) is 4.98 Å². The van der Waals surface area contributed by atoms with Crippen LogP contribution in [0.4, 0.5) is 5.69 Å². The van der Waals surface area contributed by atoms with Crippen molar-refractivity contribution in [3.63, 3.8) is 0 Å². The second kappa shape index (κ2) is 8.28. The molecule has 0 saturated heterocycles. The van der Waals surface area contributed by atoms with Crippen LogP contribution in [-0.4, -0.2) is 38.5 Å². The molecule has 1 aromatic heterocycles. The van der Waals surface area contributed by atoms with E-state index in [1.165, 1.54) is 0 Å². The van der Waals surface area contributed by atoms with Gasteiger partial charge in [-0.05, 0) is 6.07 Å². The summed E-state index contributed by atoms with van der Waals surface area (Å²) in [6.45, 7) is 2.25. The minimum atomic E-state index is 0.184. The smallest absolute Gasteiger partial charge is 0.214 e. The van der Waals surface area contributed by atoms with Gasteiger partial charge in [-0.3, -0.25) is 0 Å². The predicted octanol–water partition coefficient (Wildman–Crippen LogP) is 0.967. The molecule has 0 aromatic carbocycles. The molecular weight excluding hydrogens is 234 g/mol. The summed E-state index contributed by atoms with van der Waals surface area (Å²) in [7, 11) is 1.63. The molecule has 0 aliphatic heterocycles. The predicted molar refractivity (Wildman–Crippen MR) is 66.2 cm³/mol. The lowest BCUT2D eigenvalue weighted by atomic mass is 10.3. The van der Waals surface area contributed by atoms with E-state index in [2.05, 4.69) is 4.98 Å². The van der Waals surface area contributed by atoms with Gasteiger partial charge in [0.05, 0.1) is 25.5 Å². The topological polar surface area (TPSA) is 90.4 Å². The minimum absolute atomic E-state index is 0.184. The lowest BCUT2D eigenvalue weighted by Gasteiger charge is -2.06. The molecular formula is C12H17N3O3. The molecule has 0 aliphatic carbocycles. The van der Waals surface area contributed by atoms with Crippen LogP contribution in [0.1, 0.15) is 12.1 Å². The number of ether oxygens (including phenoxy) is 3. The SMILES string of the molecule is COCCOCCCOc1ccc(N)c(C#N)n1. The second-order valence-corrected chi connectivity index (χ2v) is 3.51. The average molecular weight is 251 g/mol. The number of anilines is 1. The molecule has 1 aromatic rings. The Kier molecular flexibility index (Phi) is 6.54. The molecule has 0 radical (unpaired) electrons. The zero-order valence-corrected chi connectivity index (χ0v) is 10.4. The molecule has 98 valence electrons. The highest BCUT2D eigenvalue weighted by Crippen LogP contribution is 2.13. The van der Waals surface area contributed by atoms with Gasteiger partial charge < -0.3 is 19.9 Å². The first-order chi connectivity index (χ1) is 8.77. The van der Waals surface area contributed by atoms with Crippen molar-refractivity contribution in [1.29, 1.82) is 5.26 Å². The van der Waals surface area contributed by atoms with Crippen molar-refractivity contribution in [1.82, 2.24) is 4.98 Å². The van der Waals surface area contributed by atoms with Gasteiger partial charge >= 0.3 is 0 Å². The summed E-state index contributed by atoms with van der Waals surface area (Å²) >= 11 is 0. The van der Waals surface area contributed by atoms with Gasteiger partial charge in [-0.1, -0.05) is 0 Å². The molecule has 0 fully saturated rings. The van der Waals surface area contributed by atoms with Crippen LogP contribution in [-0.2, 0) is 9.47 Å². The summed E-state index contributed by atoms with van der Waals surface area (Å²) in [5, 5.41) is 8.76. The highest BCUT2D eigenvalue weighted by atomic mass is 16.5. The molecule has 0 spiro atoms. The van der Waals surface area contributed by atoms with Crippen molar-refractivity contribution in [2.45, 2.75) is 6.42 Å². The van der Waals surface area contributed by atoms with Crippen molar-refractivity contribution in [3.05, 3.63) is 17.8 Å². The number of nitrogens with two attached hydrogens (primary N) is 1. The van der Waals surface area contributed by atoms with E-state index < -0.39 is 0 Å². The van der Waals surface area contributed by atoms with Gasteiger partial charge in [0, 0.05) is 26.2 Å². The van der Waals surface area contributed by atoms with Gasteiger partial charge in [0.2, 0.25) is 5.88 Å². The molecule has 1 rings (SSSR count). The van der Waals surface area contributed by atoms with Crippen molar-refractivity contribution < 1.29 is 14.2 Å². The minimum Gasteiger partial charge on any atom is -0.478 e. The van der Waals surface area contributed by atoms with Gasteiger partial charge in [0.25, 0.3) is 0 Å². The number of nitriles is 1. The first-order valence-electron chi connectivity index (χ1n) is 5.64. The van der Waals surface area contributed by atoms with Crippen LogP contribution in [0.15, 0.2) is 12.1 Å². The molecule has 2 N–H and O–H groups in total. The van der Waals surface area contributed by atoms with Crippen LogP contribution < -0.4 is 10.5 Å². The van der Waals surface area contributed by atoms with E-state index in [1.807, 2.05) is 6.07 Å². The molecule has 6 nitrogen and oxygen atoms in total. The van der Waals surface area contributed by atoms with E-state index in [0.717, 1.165) is 6.42 Å². The van der Waals surface area contributed by atoms with Crippen LogP contribution >= 0.6 is 0 Å². The lowest BCUT2D eigenvalue weighted by Crippen LogP contribution is -2.07. The Bertz CT molecular complexity index is 404. The third-order valence-electron chi connectivity index (χ3n) is 2.12. The maximum atomic E-state index is 8.76. The molecule has 0 bridgehead atoms. The van der Waals surface area contributed by atoms with E-state index in [4.69, 9.17) is 25.2 Å². The van der Waals surface area contributed by atoms with Crippen molar-refractivity contribution in [3.8, 4) is 11.9 Å². The van der Waals surface area contributed by atoms with Crippen LogP contribution in [0, 0.1) is 11.3 Å². The Labute approximate surface area is 106 Å². The first-order valence-corrected chi connectivity index (χ1v) is 5.64. The molecule has 0 aliphatic rings. The average Bonchev–Trinajstić information content (AvgIpc) is 2.39. The number of aromatic nitrogens is 1. The van der Waals surface area contributed by atoms with E-state index in [0.29, 0.717) is 38.0 Å². The summed E-state index contributed by atoms with van der Waals surface area (Å²) in [5.74, 6) is 0.401. The largest absolute Gasteiger partial charge is 0.478 e. The Morgan fingerprint density at radius 1 is 1.28 bits per heavy atom. The van der Waals surface area contributed by atoms with Gasteiger partial charge in [-0.2, -0.15) is 5.26 Å². The summed E-state index contributed by atoms with van der Waals surface area (Å²) in [5.41, 5.74) is 6.09. The maximum Gasteiger partial charge on any atom is 0.214 e. The third-order valence-corrected chi connectivity index (χ3v) is 2.12. The Morgan fingerprint density at radius 3 is 2.83 bits per heavy atom. The number of nitrogen functional groups attached to an aromatic ring is 1. The molecule has 0 unspecified atom stereocenters. The second-order valence-electron chi connectivity index (χ2n) is 3.51. The van der Waals surface area contributed by atoms with Crippen LogP contribution in [0.25, 0.3) is 0 Å². The van der Waals surface area contributed by atoms with Crippen LogP contribution in [0.2, 0.25) is 0 Å². The fraction of sp³-hybridized carbons (Fsp3) is 0.500. The number of rotatable bonds is 8. The maximum absolute atomic E-state index is 8.76. The first kappa shape index (κ1) is 14.2. The zero-order valence-electron chi connectivity index (χ0n) is 10.4. The number of pyridine rings is 1. The van der Waals surface area contributed by atoms with Crippen molar-refractivity contribution in [2.75, 3.05) is 39.3 Å². The van der Waals surface area contributed by atoms with E-state index in [9.17, 15) is 0 Å². The van der Waals surface area contributed by atoms with Gasteiger partial charge in [0.15, 0.2) is 5.69 Å². The fourth-order valence-electron chi connectivity index (χ4n) is 1.20. The summed E-state index contributed by atoms with van der Waals surface area (Å²) in [6.07, 6.45) is 0.748. The summed E-state index contributed by atoms with van der Waals surface area (Å²) in [4.78, 5) is 3.97. The molecule has 18 heavy (non-hydrogen) atoms. The monoisotopic (exact) mass is 251 g/mol. The summed E-state index contributed by atoms with van der Waals surface area (Å²) < 4.78 is 15.5. The van der Waals surface area contributed by atoms with Crippen molar-refractivity contribution >= 4 is 5.69 Å². The number of hydrogen-bond donors (Lipinski definition) is 1. The summed E-state index contributed by atoms with van der Waals surface area (Å²) in [6, 6.07) is 5.15. The highest BCUT2D eigenvalue weighted by molar-refractivity contribution is 5.50.